The maximum Gasteiger partial charge on any atom is 0.279 e. The second kappa shape index (κ2) is 8.81. The van der Waals surface area contributed by atoms with Gasteiger partial charge in [0.25, 0.3) is 11.5 Å². The molecule has 2 heterocycles. The van der Waals surface area contributed by atoms with E-state index in [0.717, 1.165) is 30.5 Å². The van der Waals surface area contributed by atoms with E-state index in [1.807, 2.05) is 30.0 Å². The van der Waals surface area contributed by atoms with Crippen LogP contribution in [0, 0.1) is 12.8 Å². The molecule has 0 bridgehead atoms. The van der Waals surface area contributed by atoms with Crippen LogP contribution < -0.4 is 10.9 Å². The molecule has 7 nitrogen and oxygen atoms in total. The zero-order valence-electron chi connectivity index (χ0n) is 18.8. The summed E-state index contributed by atoms with van der Waals surface area (Å²) >= 11 is 0. The van der Waals surface area contributed by atoms with Crippen LogP contribution in [0.25, 0.3) is 16.5 Å². The summed E-state index contributed by atoms with van der Waals surface area (Å²) in [6.07, 6.45) is 5.11. The topological polar surface area (TPSA) is 84.3 Å². The Hall–Kier alpha value is -3.48. The highest BCUT2D eigenvalue weighted by Gasteiger charge is 2.35. The zero-order chi connectivity index (χ0) is 22.9. The van der Waals surface area contributed by atoms with E-state index < -0.39 is 0 Å². The van der Waals surface area contributed by atoms with E-state index in [-0.39, 0.29) is 23.3 Å². The quantitative estimate of drug-likeness (QED) is 0.655. The third kappa shape index (κ3) is 4.15. The normalized spacial score (nSPS) is 18.9. The first-order valence-electron chi connectivity index (χ1n) is 11.7. The number of amides is 2. The molecular formula is C26H28N4O3. The van der Waals surface area contributed by atoms with Crippen molar-refractivity contribution >= 4 is 22.6 Å². The average molecular weight is 445 g/mol. The number of nitrogens with zero attached hydrogens (tertiary/aromatic N) is 3. The Morgan fingerprint density at radius 1 is 1.03 bits per heavy atom. The van der Waals surface area contributed by atoms with Gasteiger partial charge in [-0.1, -0.05) is 31.0 Å². The van der Waals surface area contributed by atoms with Crippen LogP contribution in [0.3, 0.4) is 0 Å². The molecule has 5 rings (SSSR count). The van der Waals surface area contributed by atoms with E-state index in [9.17, 15) is 14.4 Å². The minimum atomic E-state index is -0.189. The second-order valence-electron chi connectivity index (χ2n) is 9.16. The number of likely N-dealkylation sites (tertiary alicyclic amines) is 1. The average Bonchev–Trinajstić information content (AvgIpc) is 3.49. The largest absolute Gasteiger partial charge is 0.352 e. The Bertz CT molecular complexity index is 1260. The Kier molecular flexibility index (Phi) is 5.70. The minimum Gasteiger partial charge on any atom is -0.352 e. The molecule has 2 aromatic carbocycles. The van der Waals surface area contributed by atoms with Gasteiger partial charge in [-0.25, -0.2) is 0 Å². The maximum absolute atomic E-state index is 12.9. The fraction of sp³-hybridized carbons (Fsp3) is 0.385. The van der Waals surface area contributed by atoms with Crippen molar-refractivity contribution in [2.24, 2.45) is 5.92 Å². The summed E-state index contributed by atoms with van der Waals surface area (Å²) in [7, 11) is 0. The first-order valence-corrected chi connectivity index (χ1v) is 11.7. The first-order chi connectivity index (χ1) is 16.0. The van der Waals surface area contributed by atoms with Gasteiger partial charge in [-0.3, -0.25) is 14.4 Å². The summed E-state index contributed by atoms with van der Waals surface area (Å²) in [4.78, 5) is 40.0. The number of hydrogen-bond acceptors (Lipinski definition) is 4. The predicted molar refractivity (Wildman–Crippen MR) is 126 cm³/mol. The molecule has 1 unspecified atom stereocenters. The number of rotatable bonds is 5. The van der Waals surface area contributed by atoms with Crippen molar-refractivity contribution in [1.82, 2.24) is 20.0 Å². The monoisotopic (exact) mass is 444 g/mol. The van der Waals surface area contributed by atoms with E-state index in [0.29, 0.717) is 35.6 Å². The summed E-state index contributed by atoms with van der Waals surface area (Å²) in [6, 6.07) is 14.7. The molecule has 2 aliphatic rings. The lowest BCUT2D eigenvalue weighted by Gasteiger charge is -2.24. The lowest BCUT2D eigenvalue weighted by Crippen LogP contribution is -2.36. The van der Waals surface area contributed by atoms with Gasteiger partial charge >= 0.3 is 0 Å². The highest BCUT2D eigenvalue weighted by molar-refractivity contribution is 5.94. The Morgan fingerprint density at radius 3 is 2.45 bits per heavy atom. The molecule has 0 spiro atoms. The van der Waals surface area contributed by atoms with Crippen LogP contribution in [0.5, 0.6) is 0 Å². The summed E-state index contributed by atoms with van der Waals surface area (Å²) < 4.78 is 1.38. The molecule has 1 aromatic heterocycles. The van der Waals surface area contributed by atoms with E-state index in [1.165, 1.54) is 17.5 Å². The third-order valence-electron chi connectivity index (χ3n) is 6.92. The summed E-state index contributed by atoms with van der Waals surface area (Å²) in [6.45, 7) is 3.10. The molecule has 1 N–H and O–H groups in total. The van der Waals surface area contributed by atoms with E-state index in [4.69, 9.17) is 0 Å². The van der Waals surface area contributed by atoms with Crippen LogP contribution in [-0.4, -0.2) is 45.6 Å². The predicted octanol–water partition coefficient (Wildman–Crippen LogP) is 3.22. The molecule has 2 amide bonds. The Balaban J connectivity index is 1.25. The molecule has 33 heavy (non-hydrogen) atoms. The fourth-order valence-corrected chi connectivity index (χ4v) is 5.13. The van der Waals surface area contributed by atoms with Gasteiger partial charge in [0, 0.05) is 42.4 Å². The van der Waals surface area contributed by atoms with Crippen LogP contribution in [0.4, 0.5) is 0 Å². The number of hydrogen-bond donors (Lipinski definition) is 1. The molecule has 1 atom stereocenters. The number of carbonyl (C=O) groups excluding carboxylic acids is 2. The summed E-state index contributed by atoms with van der Waals surface area (Å²) in [5, 5.41) is 8.88. The molecule has 3 aromatic rings. The van der Waals surface area contributed by atoms with Crippen LogP contribution in [0.2, 0.25) is 0 Å². The Labute approximate surface area is 192 Å². The molecule has 0 radical (unpaired) electrons. The SMILES string of the molecule is Cc1nn(-c2ccc(C(=O)NCC3CC(=O)N(C4CCCC4)C3)cc2)c(=O)c2ccccc12. The molecule has 1 aliphatic heterocycles. The van der Waals surface area contributed by atoms with Crippen LogP contribution in [0.15, 0.2) is 53.3 Å². The maximum atomic E-state index is 12.9. The summed E-state index contributed by atoms with van der Waals surface area (Å²) in [5.74, 6) is 0.196. The van der Waals surface area contributed by atoms with Crippen LogP contribution >= 0.6 is 0 Å². The van der Waals surface area contributed by atoms with E-state index in [2.05, 4.69) is 10.4 Å². The lowest BCUT2D eigenvalue weighted by molar-refractivity contribution is -0.129. The minimum absolute atomic E-state index is 0.157. The number of aromatic nitrogens is 2. The van der Waals surface area contributed by atoms with Crippen molar-refractivity contribution in [1.29, 1.82) is 0 Å². The second-order valence-corrected chi connectivity index (χ2v) is 9.16. The summed E-state index contributed by atoms with van der Waals surface area (Å²) in [5.41, 5.74) is 1.70. The van der Waals surface area contributed by atoms with Crippen molar-refractivity contribution in [3.05, 3.63) is 70.1 Å². The van der Waals surface area contributed by atoms with E-state index in [1.54, 1.807) is 30.3 Å². The van der Waals surface area contributed by atoms with Gasteiger partial charge in [-0.05, 0) is 50.1 Å². The van der Waals surface area contributed by atoms with Gasteiger partial charge in [0.05, 0.1) is 16.8 Å². The van der Waals surface area contributed by atoms with Gasteiger partial charge in [0.2, 0.25) is 5.91 Å². The van der Waals surface area contributed by atoms with E-state index >= 15 is 0 Å². The zero-order valence-corrected chi connectivity index (χ0v) is 18.8. The molecule has 1 saturated carbocycles. The number of nitrogens with one attached hydrogen (secondary N) is 1. The number of carbonyl (C=O) groups is 2. The Morgan fingerprint density at radius 2 is 1.73 bits per heavy atom. The number of benzene rings is 2. The van der Waals surface area contributed by atoms with Gasteiger partial charge in [-0.15, -0.1) is 0 Å². The van der Waals surface area contributed by atoms with Crippen molar-refractivity contribution in [3.63, 3.8) is 0 Å². The van der Waals surface area contributed by atoms with Crippen LogP contribution in [0.1, 0.15) is 48.2 Å². The molecule has 2 fully saturated rings. The highest BCUT2D eigenvalue weighted by Crippen LogP contribution is 2.29. The number of aryl methyl sites for hydroxylation is 1. The van der Waals surface area contributed by atoms with Crippen molar-refractivity contribution in [2.45, 2.75) is 45.1 Å². The first kappa shape index (κ1) is 21.4. The third-order valence-corrected chi connectivity index (χ3v) is 6.92. The molecular weight excluding hydrogens is 416 g/mol. The lowest BCUT2D eigenvalue weighted by atomic mass is 10.1. The van der Waals surface area contributed by atoms with Crippen molar-refractivity contribution in [2.75, 3.05) is 13.1 Å². The molecule has 1 saturated heterocycles. The van der Waals surface area contributed by atoms with Gasteiger partial charge in [-0.2, -0.15) is 9.78 Å². The van der Waals surface area contributed by atoms with Gasteiger partial charge < -0.3 is 10.2 Å². The molecule has 170 valence electrons. The van der Waals surface area contributed by atoms with Crippen LogP contribution in [-0.2, 0) is 4.79 Å². The standard InChI is InChI=1S/C26H28N4O3/c1-17-22-8-4-5-9-23(22)26(33)30(28-17)21-12-10-19(11-13-21)25(32)27-15-18-14-24(31)29(16-18)20-6-2-3-7-20/h4-5,8-13,18,20H,2-3,6-7,14-16H2,1H3,(H,27,32). The van der Waals surface area contributed by atoms with Crippen molar-refractivity contribution < 1.29 is 9.59 Å². The number of fused-ring (bicyclic) bond motifs is 1. The van der Waals surface area contributed by atoms with Crippen molar-refractivity contribution in [3.8, 4) is 5.69 Å². The molecule has 1 aliphatic carbocycles. The van der Waals surface area contributed by atoms with Gasteiger partial charge in [0.15, 0.2) is 0 Å². The highest BCUT2D eigenvalue weighted by atomic mass is 16.2. The van der Waals surface area contributed by atoms with Gasteiger partial charge in [0.1, 0.15) is 0 Å². The smallest absolute Gasteiger partial charge is 0.279 e. The fourth-order valence-electron chi connectivity index (χ4n) is 5.13. The molecule has 7 heteroatoms.